The van der Waals surface area contributed by atoms with E-state index in [0.717, 1.165) is 6.04 Å². The quantitative estimate of drug-likeness (QED) is 0.779. The summed E-state index contributed by atoms with van der Waals surface area (Å²) in [5.74, 6) is 0. The minimum absolute atomic E-state index is 0.476. The maximum Gasteiger partial charge on any atom is 0.0308 e. The van der Waals surface area contributed by atoms with E-state index in [-0.39, 0.29) is 0 Å². The van der Waals surface area contributed by atoms with Gasteiger partial charge in [0.05, 0.1) is 0 Å². The molecular weight excluding hydrogens is 232 g/mol. The number of rotatable bonds is 1. The molecule has 0 aromatic rings. The summed E-state index contributed by atoms with van der Waals surface area (Å²) in [5, 5.41) is 3.91. The van der Waals surface area contributed by atoms with E-state index >= 15 is 0 Å². The highest BCUT2D eigenvalue weighted by atomic mass is 15.2. The van der Waals surface area contributed by atoms with Gasteiger partial charge in [-0.05, 0) is 50.6 Å². The second-order valence-corrected chi connectivity index (χ2v) is 7.99. The smallest absolute Gasteiger partial charge is 0.0308 e. The molecule has 0 radical (unpaired) electrons. The van der Waals surface area contributed by atoms with Crippen LogP contribution in [0.15, 0.2) is 0 Å². The lowest BCUT2D eigenvalue weighted by Crippen LogP contribution is -2.55. The first-order chi connectivity index (χ1) is 9.11. The fraction of sp³-hybridized carbons (Fsp3) is 1.00. The largest absolute Gasteiger partial charge is 0.310 e. The Balaban J connectivity index is 1.74. The van der Waals surface area contributed by atoms with Crippen LogP contribution in [0.4, 0.5) is 0 Å². The van der Waals surface area contributed by atoms with Gasteiger partial charge in [0.25, 0.3) is 0 Å². The van der Waals surface area contributed by atoms with Crippen LogP contribution in [0.1, 0.15) is 71.6 Å². The lowest BCUT2D eigenvalue weighted by Gasteiger charge is -2.47. The summed E-state index contributed by atoms with van der Waals surface area (Å²) in [6, 6.07) is 0.832. The van der Waals surface area contributed by atoms with Gasteiger partial charge in [-0.3, -0.25) is 4.90 Å². The monoisotopic (exact) mass is 264 g/mol. The number of hydrogen-bond acceptors (Lipinski definition) is 2. The highest BCUT2D eigenvalue weighted by Gasteiger charge is 2.42. The van der Waals surface area contributed by atoms with Gasteiger partial charge < -0.3 is 5.32 Å². The molecule has 3 rings (SSSR count). The van der Waals surface area contributed by atoms with Crippen molar-refractivity contribution in [3.63, 3.8) is 0 Å². The van der Waals surface area contributed by atoms with Gasteiger partial charge in [0.2, 0.25) is 0 Å². The molecule has 19 heavy (non-hydrogen) atoms. The van der Waals surface area contributed by atoms with Crippen LogP contribution in [-0.4, -0.2) is 36.1 Å². The predicted octanol–water partition coefficient (Wildman–Crippen LogP) is 3.56. The lowest BCUT2D eigenvalue weighted by molar-refractivity contribution is 0.0366. The Kier molecular flexibility index (Phi) is 3.92. The van der Waals surface area contributed by atoms with E-state index in [2.05, 4.69) is 24.1 Å². The van der Waals surface area contributed by atoms with E-state index in [9.17, 15) is 0 Å². The van der Waals surface area contributed by atoms with Crippen LogP contribution < -0.4 is 5.32 Å². The second-order valence-electron chi connectivity index (χ2n) is 7.99. The first-order valence-electron chi connectivity index (χ1n) is 8.61. The van der Waals surface area contributed by atoms with Gasteiger partial charge in [0.1, 0.15) is 0 Å². The zero-order valence-corrected chi connectivity index (χ0v) is 13.0. The molecule has 2 aliphatic carbocycles. The third-order valence-electron chi connectivity index (χ3n) is 6.08. The predicted molar refractivity (Wildman–Crippen MR) is 81.4 cm³/mol. The van der Waals surface area contributed by atoms with Gasteiger partial charge in [-0.25, -0.2) is 0 Å². The van der Waals surface area contributed by atoms with Crippen molar-refractivity contribution in [2.45, 2.75) is 83.2 Å². The summed E-state index contributed by atoms with van der Waals surface area (Å²) >= 11 is 0. The minimum atomic E-state index is 0.476. The van der Waals surface area contributed by atoms with Crippen molar-refractivity contribution in [1.82, 2.24) is 10.2 Å². The highest BCUT2D eigenvalue weighted by molar-refractivity contribution is 5.00. The molecule has 0 bridgehead atoms. The van der Waals surface area contributed by atoms with Crippen molar-refractivity contribution in [3.8, 4) is 0 Å². The standard InChI is InChI=1S/C17H32N2/c1-16(2)9-4-3-8-15(16)19-13-7-12-18-17(14-19)10-5-6-11-17/h15,18H,3-14H2,1-2H3. The van der Waals surface area contributed by atoms with Gasteiger partial charge in [-0.1, -0.05) is 39.5 Å². The van der Waals surface area contributed by atoms with E-state index in [1.54, 1.807) is 0 Å². The van der Waals surface area contributed by atoms with Crippen molar-refractivity contribution in [1.29, 1.82) is 0 Å². The van der Waals surface area contributed by atoms with Gasteiger partial charge in [0, 0.05) is 18.1 Å². The van der Waals surface area contributed by atoms with Crippen molar-refractivity contribution in [2.75, 3.05) is 19.6 Å². The van der Waals surface area contributed by atoms with Gasteiger partial charge in [-0.2, -0.15) is 0 Å². The van der Waals surface area contributed by atoms with Gasteiger partial charge in [-0.15, -0.1) is 0 Å². The number of nitrogens with one attached hydrogen (secondary N) is 1. The molecule has 1 heterocycles. The van der Waals surface area contributed by atoms with Crippen LogP contribution in [0.5, 0.6) is 0 Å². The van der Waals surface area contributed by atoms with Gasteiger partial charge >= 0.3 is 0 Å². The normalized spacial score (nSPS) is 35.4. The fourth-order valence-electron chi connectivity index (χ4n) is 4.96. The molecule has 2 saturated carbocycles. The summed E-state index contributed by atoms with van der Waals surface area (Å²) in [4.78, 5) is 2.88. The molecule has 3 fully saturated rings. The molecule has 0 amide bonds. The van der Waals surface area contributed by atoms with Crippen LogP contribution in [0.3, 0.4) is 0 Å². The maximum atomic E-state index is 3.91. The summed E-state index contributed by atoms with van der Waals surface area (Å²) in [6.07, 6.45) is 12.8. The molecule has 0 aromatic carbocycles. The third-order valence-corrected chi connectivity index (χ3v) is 6.08. The molecular formula is C17H32N2. The third kappa shape index (κ3) is 2.85. The lowest BCUT2D eigenvalue weighted by atomic mass is 9.72. The van der Waals surface area contributed by atoms with Crippen molar-refractivity contribution < 1.29 is 0 Å². The fourth-order valence-corrected chi connectivity index (χ4v) is 4.96. The molecule has 0 aromatic heterocycles. The van der Waals surface area contributed by atoms with Crippen LogP contribution >= 0.6 is 0 Å². The van der Waals surface area contributed by atoms with Crippen molar-refractivity contribution in [3.05, 3.63) is 0 Å². The Morgan fingerprint density at radius 3 is 2.42 bits per heavy atom. The summed E-state index contributed by atoms with van der Waals surface area (Å²) in [5.41, 5.74) is 1.01. The maximum absolute atomic E-state index is 3.91. The van der Waals surface area contributed by atoms with E-state index in [4.69, 9.17) is 0 Å². The minimum Gasteiger partial charge on any atom is -0.310 e. The number of hydrogen-bond donors (Lipinski definition) is 1. The highest BCUT2D eigenvalue weighted by Crippen LogP contribution is 2.41. The van der Waals surface area contributed by atoms with Crippen molar-refractivity contribution in [2.24, 2.45) is 5.41 Å². The molecule has 110 valence electrons. The SMILES string of the molecule is CC1(C)CCCCC1N1CCCNC2(CCCC2)C1. The van der Waals surface area contributed by atoms with Crippen LogP contribution in [0.2, 0.25) is 0 Å². The Morgan fingerprint density at radius 1 is 0.947 bits per heavy atom. The Hall–Kier alpha value is -0.0800. The second kappa shape index (κ2) is 5.37. The zero-order chi connectivity index (χ0) is 13.3. The topological polar surface area (TPSA) is 15.3 Å². The molecule has 2 heteroatoms. The molecule has 1 spiro atoms. The van der Waals surface area contributed by atoms with Gasteiger partial charge in [0.15, 0.2) is 0 Å². The average Bonchev–Trinajstić information content (AvgIpc) is 2.71. The summed E-state index contributed by atoms with van der Waals surface area (Å²) < 4.78 is 0. The van der Waals surface area contributed by atoms with Crippen LogP contribution in [0.25, 0.3) is 0 Å². The average molecular weight is 264 g/mol. The molecule has 1 aliphatic heterocycles. The number of nitrogens with zero attached hydrogens (tertiary/aromatic N) is 1. The molecule has 1 saturated heterocycles. The first kappa shape index (κ1) is 13.9. The Labute approximate surface area is 119 Å². The first-order valence-corrected chi connectivity index (χ1v) is 8.61. The van der Waals surface area contributed by atoms with E-state index in [1.165, 1.54) is 77.4 Å². The van der Waals surface area contributed by atoms with E-state index in [1.807, 2.05) is 0 Å². The van der Waals surface area contributed by atoms with Crippen LogP contribution in [0, 0.1) is 5.41 Å². The molecule has 1 N–H and O–H groups in total. The Bertz CT molecular complexity index is 304. The van der Waals surface area contributed by atoms with E-state index in [0.29, 0.717) is 11.0 Å². The van der Waals surface area contributed by atoms with E-state index < -0.39 is 0 Å². The van der Waals surface area contributed by atoms with Crippen molar-refractivity contribution >= 4 is 0 Å². The Morgan fingerprint density at radius 2 is 1.68 bits per heavy atom. The summed E-state index contributed by atoms with van der Waals surface area (Å²) in [7, 11) is 0. The summed E-state index contributed by atoms with van der Waals surface area (Å²) in [6.45, 7) is 8.90. The van der Waals surface area contributed by atoms with Crippen LogP contribution in [-0.2, 0) is 0 Å². The zero-order valence-electron chi connectivity index (χ0n) is 13.0. The molecule has 1 unspecified atom stereocenters. The molecule has 1 atom stereocenters. The molecule has 3 aliphatic rings. The molecule has 2 nitrogen and oxygen atoms in total.